The molecule has 0 atom stereocenters. The summed E-state index contributed by atoms with van der Waals surface area (Å²) in [5.74, 6) is 0.0226. The molecule has 0 aliphatic carbocycles. The number of rotatable bonds is 5. The number of thiazole rings is 1. The summed E-state index contributed by atoms with van der Waals surface area (Å²) < 4.78 is 0. The van der Waals surface area contributed by atoms with Crippen LogP contribution in [0.25, 0.3) is 0 Å². The molecule has 116 valence electrons. The Bertz CT molecular complexity index is 499. The molecule has 0 aromatic carbocycles. The number of piperazine rings is 1. The molecule has 1 aromatic rings. The van der Waals surface area contributed by atoms with Crippen molar-refractivity contribution in [3.05, 3.63) is 11.1 Å². The summed E-state index contributed by atoms with van der Waals surface area (Å²) in [5, 5.41) is 8.39. The fourth-order valence-electron chi connectivity index (χ4n) is 2.17. The maximum Gasteiger partial charge on any atom is 0.236 e. The van der Waals surface area contributed by atoms with E-state index in [2.05, 4.69) is 15.6 Å². The van der Waals surface area contributed by atoms with Gasteiger partial charge in [-0.3, -0.25) is 14.5 Å². The van der Waals surface area contributed by atoms with Crippen LogP contribution >= 0.6 is 11.3 Å². The maximum absolute atomic E-state index is 12.1. The summed E-state index contributed by atoms with van der Waals surface area (Å²) in [6.45, 7) is 5.70. The van der Waals surface area contributed by atoms with Crippen molar-refractivity contribution >= 4 is 28.3 Å². The predicted octanol–water partition coefficient (Wildman–Crippen LogP) is -0.0349. The lowest BCUT2D eigenvalue weighted by atomic mass is 10.3. The summed E-state index contributed by atoms with van der Waals surface area (Å²) in [4.78, 5) is 31.2. The second-order valence-corrected chi connectivity index (χ2v) is 5.99. The highest BCUT2D eigenvalue weighted by Gasteiger charge is 2.18. The van der Waals surface area contributed by atoms with E-state index in [1.807, 2.05) is 22.2 Å². The molecule has 8 heteroatoms. The molecule has 2 heterocycles. The number of nitrogens with one attached hydrogen (secondary N) is 2. The van der Waals surface area contributed by atoms with Crippen LogP contribution in [0.4, 0.5) is 5.13 Å². The van der Waals surface area contributed by atoms with E-state index in [9.17, 15) is 9.59 Å². The minimum absolute atomic E-state index is 0.127. The second-order valence-electron chi connectivity index (χ2n) is 5.13. The molecule has 7 nitrogen and oxygen atoms in total. The van der Waals surface area contributed by atoms with Gasteiger partial charge in [0.15, 0.2) is 5.13 Å². The van der Waals surface area contributed by atoms with Crippen molar-refractivity contribution in [1.29, 1.82) is 0 Å². The smallest absolute Gasteiger partial charge is 0.236 e. The van der Waals surface area contributed by atoms with Gasteiger partial charge in [0, 0.05) is 45.0 Å². The van der Waals surface area contributed by atoms with Gasteiger partial charge < -0.3 is 15.5 Å². The third-order valence-corrected chi connectivity index (χ3v) is 3.95. The van der Waals surface area contributed by atoms with Gasteiger partial charge in [-0.05, 0) is 7.05 Å². The van der Waals surface area contributed by atoms with Gasteiger partial charge in [0.1, 0.15) is 0 Å². The number of nitrogens with zero attached hydrogens (tertiary/aromatic N) is 3. The van der Waals surface area contributed by atoms with Crippen LogP contribution in [-0.2, 0) is 16.1 Å². The number of likely N-dealkylation sites (N-methyl/N-ethyl adjacent to an activating group) is 1. The third kappa shape index (κ3) is 5.07. The van der Waals surface area contributed by atoms with E-state index in [1.165, 1.54) is 18.3 Å². The first-order chi connectivity index (χ1) is 10.0. The summed E-state index contributed by atoms with van der Waals surface area (Å²) in [6.07, 6.45) is 0. The van der Waals surface area contributed by atoms with E-state index in [-0.39, 0.29) is 11.8 Å². The van der Waals surface area contributed by atoms with E-state index < -0.39 is 0 Å². The molecule has 0 spiro atoms. The largest absolute Gasteiger partial charge is 0.339 e. The van der Waals surface area contributed by atoms with Crippen molar-refractivity contribution in [2.45, 2.75) is 13.5 Å². The Morgan fingerprint density at radius 1 is 1.48 bits per heavy atom. The normalized spacial score (nSPS) is 15.3. The average Bonchev–Trinajstić information content (AvgIpc) is 2.85. The van der Waals surface area contributed by atoms with Gasteiger partial charge in [-0.25, -0.2) is 4.98 Å². The summed E-state index contributed by atoms with van der Waals surface area (Å²) >= 11 is 1.39. The second kappa shape index (κ2) is 7.48. The minimum atomic E-state index is -0.127. The van der Waals surface area contributed by atoms with Crippen LogP contribution in [0.3, 0.4) is 0 Å². The first kappa shape index (κ1) is 15.9. The molecule has 1 aliphatic rings. The van der Waals surface area contributed by atoms with Gasteiger partial charge in [0.25, 0.3) is 0 Å². The Morgan fingerprint density at radius 2 is 2.19 bits per heavy atom. The third-order valence-electron chi connectivity index (χ3n) is 3.14. The number of carbonyl (C=O) groups is 2. The van der Waals surface area contributed by atoms with Gasteiger partial charge >= 0.3 is 0 Å². The molecule has 2 N–H and O–H groups in total. The number of amides is 2. The maximum atomic E-state index is 12.1. The number of aromatic nitrogens is 1. The zero-order valence-corrected chi connectivity index (χ0v) is 13.2. The molecule has 0 bridgehead atoms. The average molecular weight is 311 g/mol. The van der Waals surface area contributed by atoms with Crippen LogP contribution in [0.15, 0.2) is 5.38 Å². The van der Waals surface area contributed by atoms with Crippen molar-refractivity contribution in [2.75, 3.05) is 45.1 Å². The van der Waals surface area contributed by atoms with Crippen molar-refractivity contribution in [3.63, 3.8) is 0 Å². The lowest BCUT2D eigenvalue weighted by Gasteiger charge is -2.29. The van der Waals surface area contributed by atoms with Crippen LogP contribution in [0.1, 0.15) is 12.6 Å². The van der Waals surface area contributed by atoms with Gasteiger partial charge in [-0.2, -0.15) is 0 Å². The highest BCUT2D eigenvalue weighted by Crippen LogP contribution is 2.16. The summed E-state index contributed by atoms with van der Waals surface area (Å²) in [5.41, 5.74) is 0.861. The lowest BCUT2D eigenvalue weighted by molar-refractivity contribution is -0.132. The highest BCUT2D eigenvalue weighted by molar-refractivity contribution is 7.13. The van der Waals surface area contributed by atoms with Crippen molar-refractivity contribution in [1.82, 2.24) is 20.1 Å². The van der Waals surface area contributed by atoms with Crippen molar-refractivity contribution in [2.24, 2.45) is 0 Å². The number of hydrogen-bond acceptors (Lipinski definition) is 6. The van der Waals surface area contributed by atoms with Gasteiger partial charge in [-0.1, -0.05) is 0 Å². The molecule has 1 saturated heterocycles. The quantitative estimate of drug-likeness (QED) is 0.798. The van der Waals surface area contributed by atoms with Gasteiger partial charge in [0.2, 0.25) is 11.8 Å². The molecule has 2 rings (SSSR count). The predicted molar refractivity (Wildman–Crippen MR) is 82.2 cm³/mol. The number of anilines is 1. The highest BCUT2D eigenvalue weighted by atomic mass is 32.1. The van der Waals surface area contributed by atoms with Crippen LogP contribution < -0.4 is 10.6 Å². The standard InChI is InChI=1S/C13H21N5O2S/c1-10(19)15-13-16-11(9-21-13)7-17(2)8-12(20)18-5-3-14-4-6-18/h9,14H,3-8H2,1-2H3,(H,15,16,19). The zero-order valence-electron chi connectivity index (χ0n) is 12.4. The van der Waals surface area contributed by atoms with Crippen LogP contribution in [0, 0.1) is 0 Å². The van der Waals surface area contributed by atoms with Gasteiger partial charge in [0.05, 0.1) is 12.2 Å². The summed E-state index contributed by atoms with van der Waals surface area (Å²) in [6, 6.07) is 0. The first-order valence-electron chi connectivity index (χ1n) is 6.93. The SMILES string of the molecule is CC(=O)Nc1nc(CN(C)CC(=O)N2CCNCC2)cs1. The van der Waals surface area contributed by atoms with E-state index in [0.717, 1.165) is 31.9 Å². The van der Waals surface area contributed by atoms with E-state index in [4.69, 9.17) is 0 Å². The van der Waals surface area contributed by atoms with Crippen molar-refractivity contribution < 1.29 is 9.59 Å². The molecule has 2 amide bonds. The molecular weight excluding hydrogens is 290 g/mol. The van der Waals surface area contributed by atoms with E-state index >= 15 is 0 Å². The fraction of sp³-hybridized carbons (Fsp3) is 0.615. The Labute approximate surface area is 128 Å². The fourth-order valence-corrected chi connectivity index (χ4v) is 2.91. The molecule has 1 aliphatic heterocycles. The van der Waals surface area contributed by atoms with Crippen LogP contribution in [-0.4, -0.2) is 66.4 Å². The number of hydrogen-bond donors (Lipinski definition) is 2. The molecule has 1 aromatic heterocycles. The number of carbonyl (C=O) groups excluding carboxylic acids is 2. The lowest BCUT2D eigenvalue weighted by Crippen LogP contribution is -2.49. The Morgan fingerprint density at radius 3 is 2.86 bits per heavy atom. The van der Waals surface area contributed by atoms with Crippen LogP contribution in [0.2, 0.25) is 0 Å². The molecular formula is C13H21N5O2S. The van der Waals surface area contributed by atoms with Gasteiger partial charge in [-0.15, -0.1) is 11.3 Å². The molecule has 0 unspecified atom stereocenters. The Hall–Kier alpha value is -1.51. The molecule has 0 saturated carbocycles. The molecule has 0 radical (unpaired) electrons. The molecule has 21 heavy (non-hydrogen) atoms. The zero-order chi connectivity index (χ0) is 15.2. The monoisotopic (exact) mass is 311 g/mol. The van der Waals surface area contributed by atoms with E-state index in [1.54, 1.807) is 0 Å². The van der Waals surface area contributed by atoms with Crippen LogP contribution in [0.5, 0.6) is 0 Å². The topological polar surface area (TPSA) is 77.6 Å². The minimum Gasteiger partial charge on any atom is -0.339 e. The van der Waals surface area contributed by atoms with E-state index in [0.29, 0.717) is 18.2 Å². The Balaban J connectivity index is 1.80. The Kier molecular flexibility index (Phi) is 5.66. The molecule has 1 fully saturated rings. The summed E-state index contributed by atoms with van der Waals surface area (Å²) in [7, 11) is 1.90. The first-order valence-corrected chi connectivity index (χ1v) is 7.81. The van der Waals surface area contributed by atoms with Crippen molar-refractivity contribution in [3.8, 4) is 0 Å².